The molecule has 0 atom stereocenters. The van der Waals surface area contributed by atoms with E-state index in [-0.39, 0.29) is 17.4 Å². The minimum absolute atomic E-state index is 0.00338. The van der Waals surface area contributed by atoms with Gasteiger partial charge in [0.1, 0.15) is 17.2 Å². The monoisotopic (exact) mass is 258 g/mol. The highest BCUT2D eigenvalue weighted by Crippen LogP contribution is 2.30. The summed E-state index contributed by atoms with van der Waals surface area (Å²) in [6.07, 6.45) is 2.74. The van der Waals surface area contributed by atoms with Gasteiger partial charge >= 0.3 is 0 Å². The van der Waals surface area contributed by atoms with E-state index in [4.69, 9.17) is 22.1 Å². The molecule has 1 aliphatic rings. The molecule has 1 aliphatic heterocycles. The predicted molar refractivity (Wildman–Crippen MR) is 64.9 cm³/mol. The Morgan fingerprint density at radius 2 is 2.18 bits per heavy atom. The van der Waals surface area contributed by atoms with Crippen molar-refractivity contribution in [3.05, 3.63) is 11.3 Å². The van der Waals surface area contributed by atoms with Crippen LogP contribution < -0.4 is 11.1 Å². The van der Waals surface area contributed by atoms with Crippen LogP contribution in [-0.2, 0) is 4.74 Å². The summed E-state index contributed by atoms with van der Waals surface area (Å²) < 4.78 is 5.28. The Balaban J connectivity index is 2.20. The molecule has 0 bridgehead atoms. The standard InChI is InChI=1S/C10H15ClN4O2/c11-7-8(12)13-6-14-9(7)15-10(5-16)1-3-17-4-2-10/h6,16H,1-5H2,(H3,12,13,14,15). The number of nitrogens with zero attached hydrogens (tertiary/aromatic N) is 2. The van der Waals surface area contributed by atoms with E-state index < -0.39 is 5.54 Å². The number of aliphatic hydroxyl groups excluding tert-OH is 1. The van der Waals surface area contributed by atoms with Crippen LogP contribution in [0.3, 0.4) is 0 Å². The van der Waals surface area contributed by atoms with Crippen LogP contribution in [0, 0.1) is 0 Å². The first-order valence-corrected chi connectivity index (χ1v) is 5.77. The van der Waals surface area contributed by atoms with Gasteiger partial charge in [-0.2, -0.15) is 0 Å². The molecule has 0 radical (unpaired) electrons. The summed E-state index contributed by atoms with van der Waals surface area (Å²) in [4.78, 5) is 7.83. The first-order chi connectivity index (χ1) is 8.17. The van der Waals surface area contributed by atoms with Gasteiger partial charge in [-0.05, 0) is 12.8 Å². The van der Waals surface area contributed by atoms with E-state index in [0.29, 0.717) is 31.9 Å². The predicted octanol–water partition coefficient (Wildman–Crippen LogP) is 0.666. The molecule has 1 aromatic rings. The number of hydrogen-bond acceptors (Lipinski definition) is 6. The first kappa shape index (κ1) is 12.3. The van der Waals surface area contributed by atoms with Crippen molar-refractivity contribution in [1.82, 2.24) is 9.97 Å². The molecule has 1 fully saturated rings. The van der Waals surface area contributed by atoms with E-state index in [2.05, 4.69) is 15.3 Å². The molecular weight excluding hydrogens is 244 g/mol. The Labute approximate surface area is 104 Å². The lowest BCUT2D eigenvalue weighted by Gasteiger charge is -2.36. The van der Waals surface area contributed by atoms with Crippen molar-refractivity contribution in [2.45, 2.75) is 18.4 Å². The average molecular weight is 259 g/mol. The SMILES string of the molecule is Nc1ncnc(NC2(CO)CCOCC2)c1Cl. The van der Waals surface area contributed by atoms with Gasteiger partial charge in [-0.25, -0.2) is 9.97 Å². The molecule has 0 spiro atoms. The number of hydrogen-bond donors (Lipinski definition) is 3. The highest BCUT2D eigenvalue weighted by molar-refractivity contribution is 6.35. The Morgan fingerprint density at radius 3 is 2.82 bits per heavy atom. The Morgan fingerprint density at radius 1 is 1.47 bits per heavy atom. The van der Waals surface area contributed by atoms with Crippen molar-refractivity contribution in [2.75, 3.05) is 30.9 Å². The summed E-state index contributed by atoms with van der Waals surface area (Å²) in [5, 5.41) is 13.0. The number of anilines is 2. The maximum atomic E-state index is 9.53. The molecule has 2 heterocycles. The van der Waals surface area contributed by atoms with Crippen LogP contribution in [0.2, 0.25) is 5.02 Å². The van der Waals surface area contributed by atoms with Gasteiger partial charge in [0.05, 0.1) is 12.1 Å². The minimum atomic E-state index is -0.442. The lowest BCUT2D eigenvalue weighted by Crippen LogP contribution is -2.47. The van der Waals surface area contributed by atoms with E-state index in [1.807, 2.05) is 0 Å². The van der Waals surface area contributed by atoms with Gasteiger partial charge < -0.3 is 20.9 Å². The van der Waals surface area contributed by atoms with Crippen LogP contribution in [0.15, 0.2) is 6.33 Å². The van der Waals surface area contributed by atoms with Gasteiger partial charge in [-0.1, -0.05) is 11.6 Å². The normalized spacial score (nSPS) is 18.9. The van der Waals surface area contributed by atoms with Crippen molar-refractivity contribution >= 4 is 23.2 Å². The van der Waals surface area contributed by atoms with Crippen molar-refractivity contribution in [2.24, 2.45) is 0 Å². The number of nitrogens with two attached hydrogens (primary N) is 1. The first-order valence-electron chi connectivity index (χ1n) is 5.40. The Kier molecular flexibility index (Phi) is 3.66. The van der Waals surface area contributed by atoms with Crippen molar-refractivity contribution in [3.63, 3.8) is 0 Å². The summed E-state index contributed by atoms with van der Waals surface area (Å²) in [6, 6.07) is 0. The number of aromatic nitrogens is 2. The number of halogens is 1. The van der Waals surface area contributed by atoms with E-state index in [9.17, 15) is 5.11 Å². The zero-order valence-electron chi connectivity index (χ0n) is 9.32. The smallest absolute Gasteiger partial charge is 0.150 e. The van der Waals surface area contributed by atoms with Crippen molar-refractivity contribution in [3.8, 4) is 0 Å². The third-order valence-corrected chi connectivity index (χ3v) is 3.33. The van der Waals surface area contributed by atoms with Crippen molar-refractivity contribution < 1.29 is 9.84 Å². The molecule has 0 unspecified atom stereocenters. The van der Waals surface area contributed by atoms with Crippen molar-refractivity contribution in [1.29, 1.82) is 0 Å². The van der Waals surface area contributed by atoms with Gasteiger partial charge in [-0.3, -0.25) is 0 Å². The fourth-order valence-electron chi connectivity index (χ4n) is 1.81. The average Bonchev–Trinajstić information content (AvgIpc) is 2.36. The quantitative estimate of drug-likeness (QED) is 0.738. The summed E-state index contributed by atoms with van der Waals surface area (Å²) in [5.41, 5.74) is 5.16. The Bertz CT molecular complexity index is 396. The lowest BCUT2D eigenvalue weighted by atomic mass is 9.91. The lowest BCUT2D eigenvalue weighted by molar-refractivity contribution is 0.0378. The minimum Gasteiger partial charge on any atom is -0.394 e. The zero-order valence-corrected chi connectivity index (χ0v) is 10.1. The van der Waals surface area contributed by atoms with Crippen LogP contribution in [0.5, 0.6) is 0 Å². The molecule has 1 saturated heterocycles. The van der Waals surface area contributed by atoms with Crippen LogP contribution in [0.4, 0.5) is 11.6 Å². The largest absolute Gasteiger partial charge is 0.394 e. The molecule has 0 aromatic carbocycles. The second kappa shape index (κ2) is 5.03. The summed E-state index contributed by atoms with van der Waals surface area (Å²) in [7, 11) is 0. The molecule has 94 valence electrons. The molecule has 4 N–H and O–H groups in total. The molecule has 1 aromatic heterocycles. The third-order valence-electron chi connectivity index (χ3n) is 2.95. The van der Waals surface area contributed by atoms with E-state index >= 15 is 0 Å². The van der Waals surface area contributed by atoms with Gasteiger partial charge in [0.15, 0.2) is 5.82 Å². The highest BCUT2D eigenvalue weighted by atomic mass is 35.5. The highest BCUT2D eigenvalue weighted by Gasteiger charge is 2.32. The van der Waals surface area contributed by atoms with Crippen LogP contribution >= 0.6 is 11.6 Å². The van der Waals surface area contributed by atoms with E-state index in [1.165, 1.54) is 6.33 Å². The molecular formula is C10H15ClN4O2. The Hall–Kier alpha value is -1.11. The molecule has 7 heteroatoms. The fourth-order valence-corrected chi connectivity index (χ4v) is 1.95. The topological polar surface area (TPSA) is 93.3 Å². The van der Waals surface area contributed by atoms with Crippen LogP contribution in [-0.4, -0.2) is 40.4 Å². The molecule has 0 saturated carbocycles. The summed E-state index contributed by atoms with van der Waals surface area (Å²) in [5.74, 6) is 0.680. The molecule has 0 amide bonds. The van der Waals surface area contributed by atoms with Gasteiger partial charge in [0.2, 0.25) is 0 Å². The van der Waals surface area contributed by atoms with Crippen LogP contribution in [0.1, 0.15) is 12.8 Å². The summed E-state index contributed by atoms with van der Waals surface area (Å²) in [6.45, 7) is 1.20. The number of rotatable bonds is 3. The van der Waals surface area contributed by atoms with Gasteiger partial charge in [-0.15, -0.1) is 0 Å². The van der Waals surface area contributed by atoms with E-state index in [0.717, 1.165) is 0 Å². The number of nitrogen functional groups attached to an aromatic ring is 1. The zero-order chi connectivity index (χ0) is 12.3. The number of ether oxygens (including phenoxy) is 1. The third kappa shape index (κ3) is 2.59. The maximum Gasteiger partial charge on any atom is 0.150 e. The molecule has 6 nitrogen and oxygen atoms in total. The van der Waals surface area contributed by atoms with Gasteiger partial charge in [0.25, 0.3) is 0 Å². The second-order valence-corrected chi connectivity index (χ2v) is 4.48. The maximum absolute atomic E-state index is 9.53. The summed E-state index contributed by atoms with van der Waals surface area (Å²) >= 11 is 6.01. The van der Waals surface area contributed by atoms with Crippen LogP contribution in [0.25, 0.3) is 0 Å². The molecule has 17 heavy (non-hydrogen) atoms. The van der Waals surface area contributed by atoms with Gasteiger partial charge in [0, 0.05) is 13.2 Å². The second-order valence-electron chi connectivity index (χ2n) is 4.10. The molecule has 2 rings (SSSR count). The molecule has 0 aliphatic carbocycles. The number of aliphatic hydroxyl groups is 1. The fraction of sp³-hybridized carbons (Fsp3) is 0.600. The van der Waals surface area contributed by atoms with E-state index in [1.54, 1.807) is 0 Å². The number of nitrogens with one attached hydrogen (secondary N) is 1.